The van der Waals surface area contributed by atoms with Crippen LogP contribution in [0.5, 0.6) is 0 Å². The van der Waals surface area contributed by atoms with Gasteiger partial charge in [-0.25, -0.2) is 0 Å². The minimum absolute atomic E-state index is 0.734. The van der Waals surface area contributed by atoms with Gasteiger partial charge in [0.05, 0.1) is 5.34 Å². The smallest absolute Gasteiger partial charge is 0.198 e. The molecule has 0 amide bonds. The van der Waals surface area contributed by atoms with Crippen LogP contribution in [0.2, 0.25) is 0 Å². The summed E-state index contributed by atoms with van der Waals surface area (Å²) in [5.74, 6) is -6.60. The zero-order valence-electron chi connectivity index (χ0n) is 6.29. The molecule has 1 nitrogen and oxygen atoms in total. The Morgan fingerprint density at radius 2 is 1.33 bits per heavy atom. The largest absolute Gasteiger partial charge is 0.419 e. The third-order valence-electron chi connectivity index (χ3n) is 1.34. The highest BCUT2D eigenvalue weighted by atomic mass is 19.4. The van der Waals surface area contributed by atoms with E-state index in [9.17, 15) is 26.5 Å². The first-order chi connectivity index (χ1) is 5.14. The van der Waals surface area contributed by atoms with E-state index in [0.717, 1.165) is 13.8 Å². The van der Waals surface area contributed by atoms with Crippen molar-refractivity contribution in [1.82, 2.24) is 5.34 Å². The molecule has 0 heterocycles. The van der Waals surface area contributed by atoms with Gasteiger partial charge in [0, 0.05) is 5.92 Å². The molecule has 0 saturated heterocycles. The molecular weight excluding hydrogens is 188 g/mol. The highest BCUT2D eigenvalue weighted by Crippen LogP contribution is 2.42. The highest BCUT2D eigenvalue weighted by molar-refractivity contribution is 4.82. The number of hydrogen-bond donors (Lipinski definition) is 0. The highest BCUT2D eigenvalue weighted by Gasteiger charge is 2.64. The fourth-order valence-corrected chi connectivity index (χ4v) is 0.460. The minimum atomic E-state index is -5.42. The van der Waals surface area contributed by atoms with Crippen LogP contribution in [0.3, 0.4) is 0 Å². The first-order valence-electron chi connectivity index (χ1n) is 3.01. The van der Waals surface area contributed by atoms with Gasteiger partial charge in [-0.3, -0.25) is 0 Å². The molecule has 0 aromatic carbocycles. The third-order valence-corrected chi connectivity index (χ3v) is 1.34. The van der Waals surface area contributed by atoms with E-state index in [0.29, 0.717) is 0 Å². The van der Waals surface area contributed by atoms with E-state index in [1.165, 1.54) is 0 Å². The van der Waals surface area contributed by atoms with Gasteiger partial charge in [-0.1, -0.05) is 22.8 Å². The lowest BCUT2D eigenvalue weighted by Gasteiger charge is -2.28. The Hall–Kier alpha value is -0.460. The first kappa shape index (κ1) is 11.5. The first-order valence-corrected chi connectivity index (χ1v) is 3.01. The lowest BCUT2D eigenvalue weighted by Crippen LogP contribution is -2.51. The normalized spacial score (nSPS) is 14.5. The molecule has 0 aliphatic heterocycles. The van der Waals surface area contributed by atoms with Crippen molar-refractivity contribution in [3.8, 4) is 0 Å². The fourth-order valence-electron chi connectivity index (χ4n) is 0.460. The van der Waals surface area contributed by atoms with Gasteiger partial charge in [0.15, 0.2) is 0 Å². The lowest BCUT2D eigenvalue weighted by molar-refractivity contribution is -0.406. The molecule has 0 N–H and O–H groups in total. The molecule has 0 bridgehead atoms. The lowest BCUT2D eigenvalue weighted by atomic mass is 10.0. The average Bonchev–Trinajstić information content (AvgIpc) is 1.86. The number of hydrogen-bond acceptors (Lipinski definition) is 1. The Kier molecular flexibility index (Phi) is 3.00. The number of alkyl halides is 4. The standard InChI is InChI=1S/C5H7F6N/c1-3(2)4(6,7)5(8,9)12(10)11/h3H,1-2H3. The molecule has 12 heavy (non-hydrogen) atoms. The van der Waals surface area contributed by atoms with Crippen molar-refractivity contribution < 1.29 is 26.5 Å². The van der Waals surface area contributed by atoms with Gasteiger partial charge >= 0.3 is 12.0 Å². The zero-order valence-corrected chi connectivity index (χ0v) is 6.29. The van der Waals surface area contributed by atoms with Crippen molar-refractivity contribution in [1.29, 1.82) is 0 Å². The number of rotatable bonds is 3. The summed E-state index contributed by atoms with van der Waals surface area (Å²) in [5, 5.41) is -2.77. The Morgan fingerprint density at radius 3 is 1.42 bits per heavy atom. The summed E-state index contributed by atoms with van der Waals surface area (Å²) in [6.45, 7) is 1.47. The Bertz CT molecular complexity index is 136. The maximum atomic E-state index is 12.3. The summed E-state index contributed by atoms with van der Waals surface area (Å²) in [5.41, 5.74) is 0. The SMILES string of the molecule is CC(C)C(F)(F)C(F)(F)N(F)F. The second-order valence-electron chi connectivity index (χ2n) is 2.55. The van der Waals surface area contributed by atoms with Crippen LogP contribution in [0.15, 0.2) is 0 Å². The predicted molar refractivity (Wildman–Crippen MR) is 28.8 cm³/mol. The van der Waals surface area contributed by atoms with E-state index in [1.807, 2.05) is 0 Å². The van der Waals surface area contributed by atoms with Gasteiger partial charge in [0.25, 0.3) is 0 Å². The fraction of sp³-hybridized carbons (Fsp3) is 1.00. The average molecular weight is 195 g/mol. The van der Waals surface area contributed by atoms with Crippen LogP contribution in [-0.4, -0.2) is 17.3 Å². The maximum absolute atomic E-state index is 12.3. The van der Waals surface area contributed by atoms with Gasteiger partial charge in [-0.15, -0.1) is 0 Å². The second kappa shape index (κ2) is 3.12. The molecule has 0 saturated carbocycles. The molecule has 0 aliphatic rings. The van der Waals surface area contributed by atoms with Crippen molar-refractivity contribution in [2.75, 3.05) is 0 Å². The summed E-state index contributed by atoms with van der Waals surface area (Å²) >= 11 is 0. The molecule has 0 radical (unpaired) electrons. The van der Waals surface area contributed by atoms with Crippen LogP contribution in [0.1, 0.15) is 13.8 Å². The third kappa shape index (κ3) is 1.65. The van der Waals surface area contributed by atoms with E-state index in [1.54, 1.807) is 0 Å². The molecule has 0 unspecified atom stereocenters. The molecular formula is C5H7F6N. The topological polar surface area (TPSA) is 3.24 Å². The summed E-state index contributed by atoms with van der Waals surface area (Å²) in [4.78, 5) is 0. The molecule has 0 rings (SSSR count). The van der Waals surface area contributed by atoms with Crippen LogP contribution in [-0.2, 0) is 0 Å². The summed E-state index contributed by atoms with van der Waals surface area (Å²) in [6, 6.07) is -5.42. The van der Waals surface area contributed by atoms with Crippen molar-refractivity contribution in [3.63, 3.8) is 0 Å². The molecule has 0 aliphatic carbocycles. The van der Waals surface area contributed by atoms with Gasteiger partial charge in [0.1, 0.15) is 0 Å². The van der Waals surface area contributed by atoms with Crippen LogP contribution in [0, 0.1) is 5.92 Å². The second-order valence-corrected chi connectivity index (χ2v) is 2.55. The van der Waals surface area contributed by atoms with Crippen LogP contribution in [0.4, 0.5) is 26.5 Å². The monoisotopic (exact) mass is 195 g/mol. The van der Waals surface area contributed by atoms with Gasteiger partial charge in [-0.05, 0) is 0 Å². The quantitative estimate of drug-likeness (QED) is 0.380. The molecule has 0 spiro atoms. The van der Waals surface area contributed by atoms with Crippen LogP contribution in [0.25, 0.3) is 0 Å². The van der Waals surface area contributed by atoms with E-state index in [4.69, 9.17) is 0 Å². The van der Waals surface area contributed by atoms with Crippen molar-refractivity contribution >= 4 is 0 Å². The number of halogens is 6. The number of nitrogens with zero attached hydrogens (tertiary/aromatic N) is 1. The predicted octanol–water partition coefficient (Wildman–Crippen LogP) is 2.94. The van der Waals surface area contributed by atoms with E-state index in [-0.39, 0.29) is 0 Å². The van der Waals surface area contributed by atoms with E-state index >= 15 is 0 Å². The van der Waals surface area contributed by atoms with Crippen molar-refractivity contribution in [2.24, 2.45) is 5.92 Å². The molecule has 0 aromatic rings. The van der Waals surface area contributed by atoms with Crippen molar-refractivity contribution in [3.05, 3.63) is 0 Å². The minimum Gasteiger partial charge on any atom is -0.198 e. The maximum Gasteiger partial charge on any atom is 0.419 e. The van der Waals surface area contributed by atoms with Crippen molar-refractivity contribution in [2.45, 2.75) is 25.8 Å². The summed E-state index contributed by atoms with van der Waals surface area (Å²) in [6.07, 6.45) is 0. The zero-order chi connectivity index (χ0) is 10.2. The molecule has 74 valence electrons. The Labute approximate surface area is 64.8 Å². The van der Waals surface area contributed by atoms with Crippen LogP contribution >= 0.6 is 0 Å². The molecule has 0 fully saturated rings. The molecule has 7 heteroatoms. The van der Waals surface area contributed by atoms with Gasteiger partial charge in [0.2, 0.25) is 0 Å². The summed E-state index contributed by atoms with van der Waals surface area (Å²) < 4.78 is 71.2. The summed E-state index contributed by atoms with van der Waals surface area (Å²) in [7, 11) is 0. The Balaban J connectivity index is 4.75. The van der Waals surface area contributed by atoms with E-state index < -0.39 is 23.2 Å². The van der Waals surface area contributed by atoms with E-state index in [2.05, 4.69) is 0 Å². The van der Waals surface area contributed by atoms with Gasteiger partial charge < -0.3 is 0 Å². The van der Waals surface area contributed by atoms with Crippen LogP contribution < -0.4 is 0 Å². The molecule has 0 aromatic heterocycles. The Morgan fingerprint density at radius 1 is 1.00 bits per heavy atom. The van der Waals surface area contributed by atoms with Gasteiger partial charge in [-0.2, -0.15) is 17.6 Å². The molecule has 0 atom stereocenters.